The third-order valence-corrected chi connectivity index (χ3v) is 5.75. The molecule has 2 aliphatic heterocycles. The van der Waals surface area contributed by atoms with Crippen LogP contribution in [0.4, 0.5) is 0 Å². The van der Waals surface area contributed by atoms with Crippen molar-refractivity contribution < 1.29 is 14.0 Å². The molecule has 148 valence electrons. The van der Waals surface area contributed by atoms with E-state index < -0.39 is 0 Å². The van der Waals surface area contributed by atoms with E-state index >= 15 is 0 Å². The number of carbonyl (C=O) groups excluding carboxylic acids is 2. The normalized spacial score (nSPS) is 19.3. The van der Waals surface area contributed by atoms with Crippen LogP contribution in [0.1, 0.15) is 44.4 Å². The third kappa shape index (κ3) is 4.26. The van der Waals surface area contributed by atoms with Crippen LogP contribution >= 0.6 is 0 Å². The number of hydrogen-bond donors (Lipinski definition) is 0. The van der Waals surface area contributed by atoms with Gasteiger partial charge in [-0.25, -0.2) is 4.98 Å². The maximum atomic E-state index is 12.8. The molecule has 2 amide bonds. The van der Waals surface area contributed by atoms with Gasteiger partial charge < -0.3 is 14.2 Å². The van der Waals surface area contributed by atoms with Gasteiger partial charge in [-0.1, -0.05) is 25.0 Å². The highest BCUT2D eigenvalue weighted by Crippen LogP contribution is 2.22. The lowest BCUT2D eigenvalue weighted by Crippen LogP contribution is -2.44. The molecule has 6 heteroatoms. The number of para-hydroxylation sites is 2. The molecule has 0 N–H and O–H groups in total. The lowest BCUT2D eigenvalue weighted by atomic mass is 9.95. The predicted octanol–water partition coefficient (Wildman–Crippen LogP) is 3.48. The molecule has 2 saturated heterocycles. The second kappa shape index (κ2) is 8.59. The van der Waals surface area contributed by atoms with Crippen LogP contribution in [0, 0.1) is 5.92 Å². The van der Waals surface area contributed by atoms with Crippen molar-refractivity contribution in [3.05, 3.63) is 36.2 Å². The van der Waals surface area contributed by atoms with Crippen molar-refractivity contribution in [1.82, 2.24) is 14.8 Å². The van der Waals surface area contributed by atoms with E-state index in [1.165, 1.54) is 18.9 Å². The zero-order valence-electron chi connectivity index (χ0n) is 16.2. The summed E-state index contributed by atoms with van der Waals surface area (Å²) in [4.78, 5) is 33.5. The van der Waals surface area contributed by atoms with E-state index in [0.29, 0.717) is 24.6 Å². The molecule has 28 heavy (non-hydrogen) atoms. The van der Waals surface area contributed by atoms with E-state index in [9.17, 15) is 9.59 Å². The Hall–Kier alpha value is -2.63. The minimum absolute atomic E-state index is 0.0528. The smallest absolute Gasteiger partial charge is 0.246 e. The lowest BCUT2D eigenvalue weighted by Gasteiger charge is -2.33. The fourth-order valence-corrected chi connectivity index (χ4v) is 4.11. The average molecular weight is 381 g/mol. The number of hydrogen-bond acceptors (Lipinski definition) is 4. The molecule has 0 atom stereocenters. The monoisotopic (exact) mass is 381 g/mol. The number of oxazole rings is 1. The van der Waals surface area contributed by atoms with Crippen LogP contribution < -0.4 is 0 Å². The van der Waals surface area contributed by atoms with Gasteiger partial charge in [-0.15, -0.1) is 0 Å². The van der Waals surface area contributed by atoms with Crippen LogP contribution in [0.15, 0.2) is 34.8 Å². The SMILES string of the molecule is O=C(/C=C/c1nc2ccccc2o1)N1CCC(C(=O)N2CCCCCC2)CC1. The minimum atomic E-state index is -0.0528. The Balaban J connectivity index is 1.30. The number of rotatable bonds is 3. The molecule has 0 bridgehead atoms. The second-order valence-electron chi connectivity index (χ2n) is 7.69. The van der Waals surface area contributed by atoms with Crippen LogP contribution in [0.3, 0.4) is 0 Å². The molecule has 3 heterocycles. The van der Waals surface area contributed by atoms with Crippen LogP contribution in [-0.2, 0) is 9.59 Å². The van der Waals surface area contributed by atoms with E-state index in [-0.39, 0.29) is 17.7 Å². The molecule has 0 unspecified atom stereocenters. The molecular weight excluding hydrogens is 354 g/mol. The summed E-state index contributed by atoms with van der Waals surface area (Å²) in [5.41, 5.74) is 1.49. The number of nitrogens with zero attached hydrogens (tertiary/aromatic N) is 3. The summed E-state index contributed by atoms with van der Waals surface area (Å²) >= 11 is 0. The first kappa shape index (κ1) is 18.7. The first-order chi connectivity index (χ1) is 13.7. The van der Waals surface area contributed by atoms with Crippen molar-refractivity contribution in [2.45, 2.75) is 38.5 Å². The molecule has 2 fully saturated rings. The number of carbonyl (C=O) groups is 2. The Morgan fingerprint density at radius 2 is 1.68 bits per heavy atom. The van der Waals surface area contributed by atoms with Crippen molar-refractivity contribution in [2.75, 3.05) is 26.2 Å². The second-order valence-corrected chi connectivity index (χ2v) is 7.69. The predicted molar refractivity (Wildman–Crippen MR) is 107 cm³/mol. The van der Waals surface area contributed by atoms with Gasteiger partial charge in [0.25, 0.3) is 0 Å². The van der Waals surface area contributed by atoms with Gasteiger partial charge in [0.1, 0.15) is 5.52 Å². The highest BCUT2D eigenvalue weighted by molar-refractivity contribution is 5.91. The van der Waals surface area contributed by atoms with Crippen LogP contribution in [0.25, 0.3) is 17.2 Å². The number of fused-ring (bicyclic) bond motifs is 1. The van der Waals surface area contributed by atoms with Gasteiger partial charge >= 0.3 is 0 Å². The Labute approximate surface area is 165 Å². The average Bonchev–Trinajstić information content (AvgIpc) is 2.95. The molecule has 6 nitrogen and oxygen atoms in total. The molecule has 2 aromatic rings. The van der Waals surface area contributed by atoms with E-state index in [2.05, 4.69) is 4.98 Å². The van der Waals surface area contributed by atoms with E-state index in [1.807, 2.05) is 34.1 Å². The van der Waals surface area contributed by atoms with Gasteiger partial charge in [-0.3, -0.25) is 9.59 Å². The van der Waals surface area contributed by atoms with E-state index in [1.54, 1.807) is 6.08 Å². The minimum Gasteiger partial charge on any atom is -0.437 e. The van der Waals surface area contributed by atoms with E-state index in [4.69, 9.17) is 4.42 Å². The molecule has 0 radical (unpaired) electrons. The Bertz CT molecular complexity index is 824. The van der Waals surface area contributed by atoms with Crippen molar-refractivity contribution >= 4 is 29.0 Å². The zero-order valence-corrected chi connectivity index (χ0v) is 16.2. The van der Waals surface area contributed by atoms with Gasteiger partial charge in [0.2, 0.25) is 17.7 Å². The van der Waals surface area contributed by atoms with Crippen molar-refractivity contribution in [1.29, 1.82) is 0 Å². The molecule has 0 aliphatic carbocycles. The van der Waals surface area contributed by atoms with Gasteiger partial charge in [-0.2, -0.15) is 0 Å². The largest absolute Gasteiger partial charge is 0.437 e. The Morgan fingerprint density at radius 3 is 2.39 bits per heavy atom. The zero-order chi connectivity index (χ0) is 19.3. The highest BCUT2D eigenvalue weighted by atomic mass is 16.3. The quantitative estimate of drug-likeness (QED) is 0.764. The summed E-state index contributed by atoms with van der Waals surface area (Å²) in [6, 6.07) is 7.53. The van der Waals surface area contributed by atoms with Gasteiger partial charge in [0.05, 0.1) is 0 Å². The fraction of sp³-hybridized carbons (Fsp3) is 0.500. The lowest BCUT2D eigenvalue weighted by molar-refractivity contribution is -0.139. The molecule has 0 spiro atoms. The summed E-state index contributed by atoms with van der Waals surface area (Å²) in [7, 11) is 0. The Morgan fingerprint density at radius 1 is 0.964 bits per heavy atom. The number of benzene rings is 1. The van der Waals surface area contributed by atoms with Crippen LogP contribution in [0.5, 0.6) is 0 Å². The first-order valence-corrected chi connectivity index (χ1v) is 10.3. The first-order valence-electron chi connectivity index (χ1n) is 10.3. The van der Waals surface area contributed by atoms with Gasteiger partial charge in [-0.05, 0) is 37.8 Å². The highest BCUT2D eigenvalue weighted by Gasteiger charge is 2.29. The summed E-state index contributed by atoms with van der Waals surface area (Å²) in [6.07, 6.45) is 9.31. The molecule has 4 rings (SSSR count). The summed E-state index contributed by atoms with van der Waals surface area (Å²) in [6.45, 7) is 3.04. The van der Waals surface area contributed by atoms with Crippen LogP contribution in [0.2, 0.25) is 0 Å². The van der Waals surface area contributed by atoms with Gasteiger partial charge in [0, 0.05) is 44.2 Å². The summed E-state index contributed by atoms with van der Waals surface area (Å²) < 4.78 is 5.61. The third-order valence-electron chi connectivity index (χ3n) is 5.75. The molecule has 1 aromatic carbocycles. The van der Waals surface area contributed by atoms with E-state index in [0.717, 1.165) is 44.3 Å². The van der Waals surface area contributed by atoms with Crippen LogP contribution in [-0.4, -0.2) is 52.8 Å². The number of piperidine rings is 1. The number of amides is 2. The molecular formula is C22H27N3O3. The topological polar surface area (TPSA) is 66.7 Å². The maximum absolute atomic E-state index is 12.8. The number of likely N-dealkylation sites (tertiary alicyclic amines) is 2. The molecule has 0 saturated carbocycles. The van der Waals surface area contributed by atoms with Crippen molar-refractivity contribution in [3.8, 4) is 0 Å². The molecule has 1 aromatic heterocycles. The van der Waals surface area contributed by atoms with Crippen molar-refractivity contribution in [3.63, 3.8) is 0 Å². The fourth-order valence-electron chi connectivity index (χ4n) is 4.11. The Kier molecular flexibility index (Phi) is 5.74. The molecule has 2 aliphatic rings. The number of aromatic nitrogens is 1. The standard InChI is InChI=1S/C22H27N3O3/c26-21(10-9-20-23-18-7-3-4-8-19(18)28-20)24-15-11-17(12-16-24)22(27)25-13-5-1-2-6-14-25/h3-4,7-10,17H,1-2,5-6,11-16H2/b10-9+. The van der Waals surface area contributed by atoms with Gasteiger partial charge in [0.15, 0.2) is 5.58 Å². The summed E-state index contributed by atoms with van der Waals surface area (Å²) in [5.74, 6) is 0.725. The maximum Gasteiger partial charge on any atom is 0.246 e. The van der Waals surface area contributed by atoms with Crippen molar-refractivity contribution in [2.24, 2.45) is 5.92 Å². The summed E-state index contributed by atoms with van der Waals surface area (Å²) in [5, 5.41) is 0.